The predicted molar refractivity (Wildman–Crippen MR) is 80.7 cm³/mol. The van der Waals surface area contributed by atoms with Crippen LogP contribution in [0.1, 0.15) is 6.42 Å². The van der Waals surface area contributed by atoms with Gasteiger partial charge in [0.1, 0.15) is 0 Å². The molecule has 21 heavy (non-hydrogen) atoms. The summed E-state index contributed by atoms with van der Waals surface area (Å²) in [6, 6.07) is 7.83. The molecule has 0 radical (unpaired) electrons. The van der Waals surface area contributed by atoms with Gasteiger partial charge in [-0.05, 0) is 6.42 Å². The van der Waals surface area contributed by atoms with E-state index in [-0.39, 0.29) is 6.04 Å². The van der Waals surface area contributed by atoms with Crippen molar-refractivity contribution in [2.75, 3.05) is 25.1 Å². The fourth-order valence-electron chi connectivity index (χ4n) is 2.59. The first-order valence-electron chi connectivity index (χ1n) is 6.69. The predicted octanol–water partition coefficient (Wildman–Crippen LogP) is 2.22. The van der Waals surface area contributed by atoms with Crippen molar-refractivity contribution in [3.05, 3.63) is 29.4 Å². The van der Waals surface area contributed by atoms with E-state index in [1.807, 2.05) is 24.3 Å². The third-order valence-electron chi connectivity index (χ3n) is 3.62. The van der Waals surface area contributed by atoms with Crippen LogP contribution in [0.5, 0.6) is 0 Å². The van der Waals surface area contributed by atoms with Crippen LogP contribution in [0.3, 0.4) is 0 Å². The Bertz CT molecular complexity index is 679. The van der Waals surface area contributed by atoms with Crippen LogP contribution in [0.4, 0.5) is 10.6 Å². The highest BCUT2D eigenvalue weighted by atomic mass is 35.5. The molecular formula is C14H15ClN4O2. The maximum Gasteiger partial charge on any atom is 0.407 e. The molecule has 2 aromatic rings. The van der Waals surface area contributed by atoms with Crippen LogP contribution < -0.4 is 10.2 Å². The number of aromatic nitrogens is 2. The minimum Gasteiger partial charge on any atom is -0.453 e. The molecule has 1 amide bonds. The van der Waals surface area contributed by atoms with E-state index >= 15 is 0 Å². The third-order valence-corrected chi connectivity index (χ3v) is 3.90. The molecule has 1 fully saturated rings. The molecule has 1 atom stereocenters. The Morgan fingerprint density at radius 3 is 2.90 bits per heavy atom. The zero-order chi connectivity index (χ0) is 14.8. The number of fused-ring (bicyclic) bond motifs is 1. The van der Waals surface area contributed by atoms with Gasteiger partial charge in [0.2, 0.25) is 0 Å². The van der Waals surface area contributed by atoms with E-state index in [2.05, 4.69) is 25.2 Å². The average Bonchev–Trinajstić information content (AvgIpc) is 2.96. The monoisotopic (exact) mass is 306 g/mol. The van der Waals surface area contributed by atoms with Crippen LogP contribution in [-0.2, 0) is 4.74 Å². The van der Waals surface area contributed by atoms with Gasteiger partial charge in [0.25, 0.3) is 0 Å². The molecule has 6 nitrogen and oxygen atoms in total. The quantitative estimate of drug-likeness (QED) is 0.921. The summed E-state index contributed by atoms with van der Waals surface area (Å²) < 4.78 is 4.63. The van der Waals surface area contributed by atoms with E-state index in [4.69, 9.17) is 11.6 Å². The Hall–Kier alpha value is -2.08. The Kier molecular flexibility index (Phi) is 3.79. The number of benzene rings is 1. The van der Waals surface area contributed by atoms with Gasteiger partial charge in [-0.25, -0.2) is 4.79 Å². The number of hydrogen-bond donors (Lipinski definition) is 1. The number of nitrogens with zero attached hydrogens (tertiary/aromatic N) is 3. The van der Waals surface area contributed by atoms with Crippen LogP contribution in [0.25, 0.3) is 10.8 Å². The number of hydrogen-bond acceptors (Lipinski definition) is 5. The second-order valence-corrected chi connectivity index (χ2v) is 5.29. The molecular weight excluding hydrogens is 292 g/mol. The number of nitrogens with one attached hydrogen (secondary N) is 1. The lowest BCUT2D eigenvalue weighted by molar-refractivity contribution is 0.167. The van der Waals surface area contributed by atoms with Crippen molar-refractivity contribution >= 4 is 34.3 Å². The average molecular weight is 307 g/mol. The maximum atomic E-state index is 11.3. The number of anilines is 1. The van der Waals surface area contributed by atoms with Gasteiger partial charge in [-0.1, -0.05) is 35.9 Å². The van der Waals surface area contributed by atoms with Crippen LogP contribution >= 0.6 is 11.6 Å². The third kappa shape index (κ3) is 2.71. The lowest BCUT2D eigenvalue weighted by Gasteiger charge is -2.19. The Balaban J connectivity index is 1.86. The van der Waals surface area contributed by atoms with Crippen LogP contribution in [0.2, 0.25) is 5.15 Å². The molecule has 0 saturated carbocycles. The van der Waals surface area contributed by atoms with E-state index in [0.29, 0.717) is 11.7 Å². The first kappa shape index (κ1) is 13.9. The van der Waals surface area contributed by atoms with Crippen molar-refractivity contribution in [1.29, 1.82) is 0 Å². The summed E-state index contributed by atoms with van der Waals surface area (Å²) in [6.45, 7) is 1.48. The largest absolute Gasteiger partial charge is 0.453 e. The molecule has 1 N–H and O–H groups in total. The summed E-state index contributed by atoms with van der Waals surface area (Å²) >= 11 is 6.09. The second kappa shape index (κ2) is 5.73. The van der Waals surface area contributed by atoms with Crippen molar-refractivity contribution < 1.29 is 9.53 Å². The number of halogens is 1. The molecule has 7 heteroatoms. The van der Waals surface area contributed by atoms with E-state index in [1.54, 1.807) is 0 Å². The van der Waals surface area contributed by atoms with Gasteiger partial charge < -0.3 is 15.0 Å². The number of carbonyl (C=O) groups is 1. The van der Waals surface area contributed by atoms with Gasteiger partial charge >= 0.3 is 6.09 Å². The summed E-state index contributed by atoms with van der Waals surface area (Å²) in [6.07, 6.45) is 0.433. The van der Waals surface area contributed by atoms with Gasteiger partial charge in [0.05, 0.1) is 13.2 Å². The Labute approximate surface area is 127 Å². The van der Waals surface area contributed by atoms with Crippen molar-refractivity contribution in [3.8, 4) is 0 Å². The smallest absolute Gasteiger partial charge is 0.407 e. The minimum atomic E-state index is -0.408. The van der Waals surface area contributed by atoms with Crippen molar-refractivity contribution in [1.82, 2.24) is 15.5 Å². The fraction of sp³-hybridized carbons (Fsp3) is 0.357. The van der Waals surface area contributed by atoms with Crippen LogP contribution in [-0.4, -0.2) is 42.5 Å². The maximum absolute atomic E-state index is 11.3. The van der Waals surface area contributed by atoms with E-state index in [0.717, 1.165) is 29.6 Å². The normalized spacial score (nSPS) is 18.0. The standard InChI is InChI=1S/C14H15ClN4O2/c1-21-14(20)16-9-6-7-19(8-9)13-11-5-3-2-4-10(11)12(15)17-18-13/h2-5,9H,6-8H2,1H3,(H,16,20). The van der Waals surface area contributed by atoms with E-state index in [1.165, 1.54) is 7.11 Å². The Morgan fingerprint density at radius 2 is 2.14 bits per heavy atom. The molecule has 1 aromatic heterocycles. The molecule has 0 aliphatic carbocycles. The van der Waals surface area contributed by atoms with Gasteiger partial charge in [-0.3, -0.25) is 0 Å². The number of carbonyl (C=O) groups excluding carboxylic acids is 1. The van der Waals surface area contributed by atoms with Gasteiger partial charge in [-0.2, -0.15) is 0 Å². The lowest BCUT2D eigenvalue weighted by atomic mass is 10.2. The van der Waals surface area contributed by atoms with Gasteiger partial charge in [-0.15, -0.1) is 10.2 Å². The highest BCUT2D eigenvalue weighted by Gasteiger charge is 2.26. The molecule has 1 aliphatic heterocycles. The minimum absolute atomic E-state index is 0.0497. The molecule has 3 rings (SSSR count). The zero-order valence-electron chi connectivity index (χ0n) is 11.5. The number of rotatable bonds is 2. The van der Waals surface area contributed by atoms with E-state index < -0.39 is 6.09 Å². The lowest BCUT2D eigenvalue weighted by Crippen LogP contribution is -2.37. The Morgan fingerprint density at radius 1 is 1.38 bits per heavy atom. The molecule has 0 spiro atoms. The number of alkyl carbamates (subject to hydrolysis) is 1. The molecule has 110 valence electrons. The summed E-state index contributed by atoms with van der Waals surface area (Å²) in [5.41, 5.74) is 0. The molecule has 2 heterocycles. The highest BCUT2D eigenvalue weighted by Crippen LogP contribution is 2.29. The van der Waals surface area contributed by atoms with Gasteiger partial charge in [0, 0.05) is 23.9 Å². The fourth-order valence-corrected chi connectivity index (χ4v) is 2.79. The van der Waals surface area contributed by atoms with Crippen LogP contribution in [0, 0.1) is 0 Å². The highest BCUT2D eigenvalue weighted by molar-refractivity contribution is 6.34. The second-order valence-electron chi connectivity index (χ2n) is 4.93. The molecule has 1 unspecified atom stereocenters. The number of ether oxygens (including phenoxy) is 1. The first-order valence-corrected chi connectivity index (χ1v) is 7.07. The summed E-state index contributed by atoms with van der Waals surface area (Å²) in [5, 5.41) is 13.3. The van der Waals surface area contributed by atoms with E-state index in [9.17, 15) is 4.79 Å². The molecule has 1 saturated heterocycles. The number of amides is 1. The van der Waals surface area contributed by atoms with Gasteiger partial charge in [0.15, 0.2) is 11.0 Å². The van der Waals surface area contributed by atoms with Crippen LogP contribution in [0.15, 0.2) is 24.3 Å². The first-order chi connectivity index (χ1) is 10.2. The molecule has 1 aromatic carbocycles. The van der Waals surface area contributed by atoms with Crippen molar-refractivity contribution in [3.63, 3.8) is 0 Å². The summed E-state index contributed by atoms with van der Waals surface area (Å²) in [4.78, 5) is 13.4. The summed E-state index contributed by atoms with van der Waals surface area (Å²) in [5.74, 6) is 0.796. The molecule has 1 aliphatic rings. The van der Waals surface area contributed by atoms with Crippen molar-refractivity contribution in [2.45, 2.75) is 12.5 Å². The van der Waals surface area contributed by atoms with Crippen molar-refractivity contribution in [2.24, 2.45) is 0 Å². The topological polar surface area (TPSA) is 67.3 Å². The zero-order valence-corrected chi connectivity index (χ0v) is 12.3. The summed E-state index contributed by atoms with van der Waals surface area (Å²) in [7, 11) is 1.36. The SMILES string of the molecule is COC(=O)NC1CCN(c2nnc(Cl)c3ccccc23)C1. The molecule has 0 bridgehead atoms. The number of methoxy groups -OCH3 is 1.